The molecule has 2 rings (SSSR count). The predicted molar refractivity (Wildman–Crippen MR) is 72.9 cm³/mol. The van der Waals surface area contributed by atoms with Crippen molar-refractivity contribution in [1.82, 2.24) is 20.3 Å². The van der Waals surface area contributed by atoms with Crippen molar-refractivity contribution in [2.24, 2.45) is 7.05 Å². The van der Waals surface area contributed by atoms with Crippen LogP contribution in [0.15, 0.2) is 24.4 Å². The van der Waals surface area contributed by atoms with E-state index >= 15 is 0 Å². The maximum atomic E-state index is 6.09. The molecule has 1 heterocycles. The Morgan fingerprint density at radius 3 is 2.83 bits per heavy atom. The second-order valence-electron chi connectivity index (χ2n) is 4.05. The minimum Gasteiger partial charge on any atom is -0.311 e. The first-order chi connectivity index (χ1) is 8.65. The third-order valence-electron chi connectivity index (χ3n) is 2.54. The first-order valence-electron chi connectivity index (χ1n) is 5.65. The lowest BCUT2D eigenvalue weighted by Crippen LogP contribution is -2.17. The summed E-state index contributed by atoms with van der Waals surface area (Å²) in [5.41, 5.74) is 2.02. The molecule has 0 amide bonds. The lowest BCUT2D eigenvalue weighted by atomic mass is 10.1. The van der Waals surface area contributed by atoms with Gasteiger partial charge in [0.05, 0.1) is 5.69 Å². The molecule has 1 aromatic carbocycles. The summed E-state index contributed by atoms with van der Waals surface area (Å²) in [6, 6.07) is 5.57. The van der Waals surface area contributed by atoms with Crippen LogP contribution in [0.25, 0.3) is 0 Å². The molecule has 18 heavy (non-hydrogen) atoms. The molecule has 96 valence electrons. The summed E-state index contributed by atoms with van der Waals surface area (Å²) < 4.78 is 1.69. The lowest BCUT2D eigenvalue weighted by molar-refractivity contribution is 0.670. The molecule has 0 bridgehead atoms. The average Bonchev–Trinajstić information content (AvgIpc) is 2.73. The highest BCUT2D eigenvalue weighted by Gasteiger charge is 2.02. The van der Waals surface area contributed by atoms with Crippen LogP contribution >= 0.6 is 23.2 Å². The van der Waals surface area contributed by atoms with Gasteiger partial charge in [0.25, 0.3) is 0 Å². The van der Waals surface area contributed by atoms with Crippen molar-refractivity contribution in [2.45, 2.75) is 13.0 Å². The topological polar surface area (TPSA) is 42.7 Å². The van der Waals surface area contributed by atoms with E-state index in [4.69, 9.17) is 23.2 Å². The summed E-state index contributed by atoms with van der Waals surface area (Å²) in [6.45, 7) is 1.54. The van der Waals surface area contributed by atoms with Crippen LogP contribution < -0.4 is 5.32 Å². The van der Waals surface area contributed by atoms with Crippen LogP contribution in [-0.2, 0) is 20.0 Å². The van der Waals surface area contributed by atoms with Gasteiger partial charge >= 0.3 is 0 Å². The first-order valence-corrected chi connectivity index (χ1v) is 6.40. The highest BCUT2D eigenvalue weighted by Crippen LogP contribution is 2.20. The number of rotatable bonds is 5. The summed E-state index contributed by atoms with van der Waals surface area (Å²) in [5.74, 6) is 0. The molecule has 0 aliphatic rings. The zero-order valence-corrected chi connectivity index (χ0v) is 11.5. The summed E-state index contributed by atoms with van der Waals surface area (Å²) in [6.07, 6.45) is 2.75. The van der Waals surface area contributed by atoms with Crippen LogP contribution in [0, 0.1) is 0 Å². The molecule has 0 radical (unpaired) electrons. The Morgan fingerprint density at radius 1 is 1.33 bits per heavy atom. The van der Waals surface area contributed by atoms with Gasteiger partial charge in [-0.3, -0.25) is 4.68 Å². The van der Waals surface area contributed by atoms with Gasteiger partial charge < -0.3 is 5.32 Å². The van der Waals surface area contributed by atoms with Crippen LogP contribution in [0.1, 0.15) is 11.3 Å². The Labute approximate surface area is 116 Å². The van der Waals surface area contributed by atoms with Gasteiger partial charge in [0.15, 0.2) is 0 Å². The van der Waals surface area contributed by atoms with E-state index in [1.54, 1.807) is 10.7 Å². The summed E-state index contributed by atoms with van der Waals surface area (Å²) >= 11 is 11.9. The Balaban J connectivity index is 1.78. The number of aryl methyl sites for hydroxylation is 1. The fourth-order valence-electron chi connectivity index (χ4n) is 1.64. The number of nitrogens with zero attached hydrogens (tertiary/aromatic N) is 3. The van der Waals surface area contributed by atoms with Crippen LogP contribution in [-0.4, -0.2) is 21.5 Å². The highest BCUT2D eigenvalue weighted by atomic mass is 35.5. The minimum absolute atomic E-state index is 0.663. The van der Waals surface area contributed by atoms with Crippen molar-refractivity contribution in [3.63, 3.8) is 0 Å². The van der Waals surface area contributed by atoms with Crippen LogP contribution in [0.3, 0.4) is 0 Å². The second kappa shape index (κ2) is 6.18. The second-order valence-corrected chi connectivity index (χ2v) is 4.89. The molecule has 1 N–H and O–H groups in total. The van der Waals surface area contributed by atoms with Gasteiger partial charge in [-0.25, -0.2) is 0 Å². The Morgan fingerprint density at radius 2 is 2.17 bits per heavy atom. The Kier molecular flexibility index (Phi) is 4.58. The van der Waals surface area contributed by atoms with E-state index < -0.39 is 0 Å². The molecule has 0 spiro atoms. The third kappa shape index (κ3) is 3.70. The van der Waals surface area contributed by atoms with Crippen molar-refractivity contribution in [2.75, 3.05) is 6.54 Å². The van der Waals surface area contributed by atoms with Gasteiger partial charge in [-0.2, -0.15) is 0 Å². The molecule has 0 aliphatic heterocycles. The molecule has 2 aromatic rings. The zero-order valence-electron chi connectivity index (χ0n) is 10.0. The van der Waals surface area contributed by atoms with Crippen molar-refractivity contribution >= 4 is 23.2 Å². The predicted octanol–water partition coefficient (Wildman–Crippen LogP) is 2.45. The van der Waals surface area contributed by atoms with E-state index in [0.717, 1.165) is 24.2 Å². The summed E-state index contributed by atoms with van der Waals surface area (Å²) in [7, 11) is 1.85. The van der Waals surface area contributed by atoms with Gasteiger partial charge in [-0.05, 0) is 30.7 Å². The van der Waals surface area contributed by atoms with E-state index in [1.165, 1.54) is 0 Å². The Bertz CT molecular complexity index is 525. The maximum Gasteiger partial charge on any atom is 0.0964 e. The molecule has 0 unspecified atom stereocenters. The van der Waals surface area contributed by atoms with Crippen molar-refractivity contribution in [3.8, 4) is 0 Å². The molecular weight excluding hydrogens is 271 g/mol. The van der Waals surface area contributed by atoms with Gasteiger partial charge in [-0.1, -0.05) is 34.5 Å². The van der Waals surface area contributed by atoms with Crippen LogP contribution in [0.2, 0.25) is 10.0 Å². The third-order valence-corrected chi connectivity index (χ3v) is 3.13. The standard InChI is InChI=1S/C12H14Cl2N4/c1-18-8-11(16-17-18)7-15-5-4-9-2-3-10(13)6-12(9)14/h2-3,6,8,15H,4-5,7H2,1H3. The molecule has 0 saturated carbocycles. The van der Waals surface area contributed by atoms with Crippen molar-refractivity contribution < 1.29 is 0 Å². The number of aromatic nitrogens is 3. The van der Waals surface area contributed by atoms with E-state index in [0.29, 0.717) is 16.6 Å². The summed E-state index contributed by atoms with van der Waals surface area (Å²) in [5, 5.41) is 12.5. The maximum absolute atomic E-state index is 6.09. The van der Waals surface area contributed by atoms with E-state index in [1.807, 2.05) is 25.4 Å². The fraction of sp³-hybridized carbons (Fsp3) is 0.333. The summed E-state index contributed by atoms with van der Waals surface area (Å²) in [4.78, 5) is 0. The lowest BCUT2D eigenvalue weighted by Gasteiger charge is -2.05. The smallest absolute Gasteiger partial charge is 0.0964 e. The Hall–Kier alpha value is -1.10. The molecule has 0 fully saturated rings. The largest absolute Gasteiger partial charge is 0.311 e. The number of benzene rings is 1. The molecule has 0 atom stereocenters. The zero-order chi connectivity index (χ0) is 13.0. The molecular formula is C12H14Cl2N4. The average molecular weight is 285 g/mol. The highest BCUT2D eigenvalue weighted by molar-refractivity contribution is 6.35. The van der Waals surface area contributed by atoms with Crippen LogP contribution in [0.5, 0.6) is 0 Å². The first kappa shape index (κ1) is 13.3. The molecule has 6 heteroatoms. The molecule has 0 saturated heterocycles. The fourth-order valence-corrected chi connectivity index (χ4v) is 2.14. The van der Waals surface area contributed by atoms with Gasteiger partial charge in [0, 0.05) is 29.8 Å². The monoisotopic (exact) mass is 284 g/mol. The number of halogens is 2. The SMILES string of the molecule is Cn1cc(CNCCc2ccc(Cl)cc2Cl)nn1. The number of hydrogen-bond donors (Lipinski definition) is 1. The van der Waals surface area contributed by atoms with Gasteiger partial charge in [-0.15, -0.1) is 5.10 Å². The van der Waals surface area contributed by atoms with Crippen molar-refractivity contribution in [3.05, 3.63) is 45.7 Å². The quantitative estimate of drug-likeness (QED) is 0.858. The number of nitrogens with one attached hydrogen (secondary N) is 1. The van der Waals surface area contributed by atoms with E-state index in [2.05, 4.69) is 15.6 Å². The van der Waals surface area contributed by atoms with Crippen molar-refractivity contribution in [1.29, 1.82) is 0 Å². The normalized spacial score (nSPS) is 10.8. The van der Waals surface area contributed by atoms with Crippen LogP contribution in [0.4, 0.5) is 0 Å². The minimum atomic E-state index is 0.663. The van der Waals surface area contributed by atoms with Gasteiger partial charge in [0.1, 0.15) is 0 Å². The number of hydrogen-bond acceptors (Lipinski definition) is 3. The van der Waals surface area contributed by atoms with E-state index in [-0.39, 0.29) is 0 Å². The molecule has 1 aromatic heterocycles. The molecule has 4 nitrogen and oxygen atoms in total. The van der Waals surface area contributed by atoms with Gasteiger partial charge in [0.2, 0.25) is 0 Å². The van der Waals surface area contributed by atoms with E-state index in [9.17, 15) is 0 Å². The molecule has 0 aliphatic carbocycles.